The van der Waals surface area contributed by atoms with Gasteiger partial charge in [0.15, 0.2) is 0 Å². The van der Waals surface area contributed by atoms with E-state index in [-0.39, 0.29) is 11.5 Å². The molecule has 114 valence electrons. The number of nitrogens with zero attached hydrogens (tertiary/aromatic N) is 2. The molecule has 2 aliphatic heterocycles. The van der Waals surface area contributed by atoms with Crippen LogP contribution < -0.4 is 4.74 Å². The average molecular weight is 290 g/mol. The molecular formula is C16H22N2O3. The van der Waals surface area contributed by atoms with Gasteiger partial charge in [0.25, 0.3) is 0 Å². The lowest BCUT2D eigenvalue weighted by molar-refractivity contribution is -0.167. The summed E-state index contributed by atoms with van der Waals surface area (Å²) in [6.07, 6.45) is 4.24. The quantitative estimate of drug-likeness (QED) is 0.831. The van der Waals surface area contributed by atoms with Gasteiger partial charge >= 0.3 is 0 Å². The molecule has 1 aromatic rings. The summed E-state index contributed by atoms with van der Waals surface area (Å²) in [4.78, 5) is 18.0. The lowest BCUT2D eigenvalue weighted by atomic mass is 9.81. The van der Waals surface area contributed by atoms with Gasteiger partial charge in [0.05, 0.1) is 19.7 Å². The highest BCUT2D eigenvalue weighted by atomic mass is 16.5. The van der Waals surface area contributed by atoms with E-state index in [1.54, 1.807) is 6.20 Å². The van der Waals surface area contributed by atoms with Crippen molar-refractivity contribution < 1.29 is 14.3 Å². The summed E-state index contributed by atoms with van der Waals surface area (Å²) in [6, 6.07) is 5.65. The van der Waals surface area contributed by atoms with Crippen LogP contribution in [-0.2, 0) is 9.53 Å². The highest BCUT2D eigenvalue weighted by Crippen LogP contribution is 2.40. The van der Waals surface area contributed by atoms with Crippen LogP contribution in [0.4, 0.5) is 0 Å². The van der Waals surface area contributed by atoms with Crippen molar-refractivity contribution in [2.75, 3.05) is 26.3 Å². The van der Waals surface area contributed by atoms with Gasteiger partial charge in [-0.1, -0.05) is 13.0 Å². The van der Waals surface area contributed by atoms with Crippen molar-refractivity contribution in [3.05, 3.63) is 24.4 Å². The maximum Gasteiger partial charge on any atom is 0.222 e. The minimum Gasteiger partial charge on any atom is -0.477 e. The lowest BCUT2D eigenvalue weighted by Crippen LogP contribution is -2.66. The van der Waals surface area contributed by atoms with Gasteiger partial charge in [-0.15, -0.1) is 0 Å². The third-order valence-corrected chi connectivity index (χ3v) is 4.40. The second-order valence-corrected chi connectivity index (χ2v) is 5.88. The Morgan fingerprint density at radius 1 is 1.52 bits per heavy atom. The first-order valence-corrected chi connectivity index (χ1v) is 7.69. The van der Waals surface area contributed by atoms with E-state index in [1.807, 2.05) is 30.0 Å². The fourth-order valence-corrected chi connectivity index (χ4v) is 3.14. The molecule has 5 nitrogen and oxygen atoms in total. The van der Waals surface area contributed by atoms with Gasteiger partial charge in [0.1, 0.15) is 5.60 Å². The van der Waals surface area contributed by atoms with Gasteiger partial charge < -0.3 is 14.4 Å². The Balaban J connectivity index is 1.54. The molecule has 0 aliphatic carbocycles. The number of amides is 1. The van der Waals surface area contributed by atoms with Crippen LogP contribution in [0.2, 0.25) is 0 Å². The number of rotatable bonds is 5. The standard InChI is InChI=1S/C16H22N2O3/c1-2-5-15(19)18-11-16(12-18)13(7-9-21-16)10-20-14-6-3-4-8-17-14/h3-4,6,8,13H,2,5,7,9-12H2,1H3/t13-/m0/s1. The Labute approximate surface area is 125 Å². The van der Waals surface area contributed by atoms with E-state index >= 15 is 0 Å². The summed E-state index contributed by atoms with van der Waals surface area (Å²) < 4.78 is 11.7. The Bertz CT molecular complexity index is 486. The molecule has 2 fully saturated rings. The molecule has 3 heterocycles. The topological polar surface area (TPSA) is 51.7 Å². The van der Waals surface area contributed by atoms with Crippen LogP contribution in [0.1, 0.15) is 26.2 Å². The molecule has 1 atom stereocenters. The maximum absolute atomic E-state index is 11.9. The minimum absolute atomic E-state index is 0.182. The third kappa shape index (κ3) is 2.88. The molecule has 1 amide bonds. The van der Waals surface area contributed by atoms with Crippen LogP contribution in [0, 0.1) is 5.92 Å². The monoisotopic (exact) mass is 290 g/mol. The van der Waals surface area contributed by atoms with Crippen molar-refractivity contribution in [3.63, 3.8) is 0 Å². The van der Waals surface area contributed by atoms with Gasteiger partial charge in [-0.05, 0) is 18.9 Å². The van der Waals surface area contributed by atoms with Gasteiger partial charge in [0, 0.05) is 31.2 Å². The van der Waals surface area contributed by atoms with Gasteiger partial charge in [0.2, 0.25) is 11.8 Å². The number of likely N-dealkylation sites (tertiary alicyclic amines) is 1. The number of aromatic nitrogens is 1. The van der Waals surface area contributed by atoms with Crippen molar-refractivity contribution in [1.29, 1.82) is 0 Å². The fraction of sp³-hybridized carbons (Fsp3) is 0.625. The first-order valence-electron chi connectivity index (χ1n) is 7.69. The molecule has 1 spiro atoms. The van der Waals surface area contributed by atoms with Gasteiger partial charge in [-0.2, -0.15) is 0 Å². The predicted molar refractivity (Wildman–Crippen MR) is 78.0 cm³/mol. The first-order chi connectivity index (χ1) is 10.2. The molecule has 2 aliphatic rings. The minimum atomic E-state index is -0.182. The highest BCUT2D eigenvalue weighted by molar-refractivity contribution is 5.77. The van der Waals surface area contributed by atoms with Crippen LogP contribution in [0.3, 0.4) is 0 Å². The number of ether oxygens (including phenoxy) is 2. The molecule has 21 heavy (non-hydrogen) atoms. The highest BCUT2D eigenvalue weighted by Gasteiger charge is 2.54. The predicted octanol–water partition coefficient (Wildman–Crippen LogP) is 1.88. The number of carbonyl (C=O) groups is 1. The van der Waals surface area contributed by atoms with Gasteiger partial charge in [-0.25, -0.2) is 4.98 Å². The van der Waals surface area contributed by atoms with Crippen molar-refractivity contribution in [1.82, 2.24) is 9.88 Å². The molecular weight excluding hydrogens is 268 g/mol. The first kappa shape index (κ1) is 14.3. The molecule has 5 heteroatoms. The average Bonchev–Trinajstić information content (AvgIpc) is 2.88. The van der Waals surface area contributed by atoms with Crippen LogP contribution in [0.15, 0.2) is 24.4 Å². The Hall–Kier alpha value is -1.62. The third-order valence-electron chi connectivity index (χ3n) is 4.40. The van der Waals surface area contributed by atoms with Crippen LogP contribution in [0.25, 0.3) is 0 Å². The van der Waals surface area contributed by atoms with E-state index in [1.165, 1.54) is 0 Å². The van der Waals surface area contributed by atoms with E-state index in [4.69, 9.17) is 9.47 Å². The number of hydrogen-bond donors (Lipinski definition) is 0. The molecule has 0 unspecified atom stereocenters. The number of pyridine rings is 1. The summed E-state index contributed by atoms with van der Waals surface area (Å²) in [5.74, 6) is 1.23. The van der Waals surface area contributed by atoms with Crippen molar-refractivity contribution in [2.45, 2.75) is 31.8 Å². The Kier molecular flexibility index (Phi) is 4.10. The van der Waals surface area contributed by atoms with Gasteiger partial charge in [-0.3, -0.25) is 4.79 Å². The summed E-state index contributed by atoms with van der Waals surface area (Å²) in [6.45, 7) is 4.81. The summed E-state index contributed by atoms with van der Waals surface area (Å²) in [7, 11) is 0. The van der Waals surface area contributed by atoms with E-state index in [2.05, 4.69) is 4.98 Å². The largest absolute Gasteiger partial charge is 0.477 e. The molecule has 0 radical (unpaired) electrons. The lowest BCUT2D eigenvalue weighted by Gasteiger charge is -2.50. The number of carbonyl (C=O) groups excluding carboxylic acids is 1. The molecule has 3 rings (SSSR count). The zero-order valence-corrected chi connectivity index (χ0v) is 12.5. The Morgan fingerprint density at radius 3 is 3.10 bits per heavy atom. The van der Waals surface area contributed by atoms with E-state index in [9.17, 15) is 4.79 Å². The van der Waals surface area contributed by atoms with E-state index in [0.717, 1.165) is 19.4 Å². The second kappa shape index (κ2) is 6.02. The summed E-state index contributed by atoms with van der Waals surface area (Å²) in [5, 5.41) is 0. The van der Waals surface area contributed by atoms with Crippen molar-refractivity contribution in [2.24, 2.45) is 5.92 Å². The summed E-state index contributed by atoms with van der Waals surface area (Å²) in [5.41, 5.74) is -0.182. The Morgan fingerprint density at radius 2 is 2.38 bits per heavy atom. The normalized spacial score (nSPS) is 23.1. The van der Waals surface area contributed by atoms with E-state index in [0.29, 0.717) is 37.9 Å². The molecule has 0 saturated carbocycles. The zero-order valence-electron chi connectivity index (χ0n) is 12.5. The molecule has 1 aromatic heterocycles. The van der Waals surface area contributed by atoms with Crippen molar-refractivity contribution >= 4 is 5.91 Å². The fourth-order valence-electron chi connectivity index (χ4n) is 3.14. The van der Waals surface area contributed by atoms with Crippen LogP contribution in [0.5, 0.6) is 5.88 Å². The smallest absolute Gasteiger partial charge is 0.222 e. The molecule has 0 N–H and O–H groups in total. The zero-order chi connectivity index (χ0) is 14.7. The number of hydrogen-bond acceptors (Lipinski definition) is 4. The van der Waals surface area contributed by atoms with Crippen LogP contribution in [-0.4, -0.2) is 47.7 Å². The summed E-state index contributed by atoms with van der Waals surface area (Å²) >= 11 is 0. The maximum atomic E-state index is 11.9. The SMILES string of the molecule is CCCC(=O)N1CC2(C1)OCC[C@H]2COc1ccccn1. The van der Waals surface area contributed by atoms with Crippen LogP contribution >= 0.6 is 0 Å². The molecule has 2 saturated heterocycles. The van der Waals surface area contributed by atoms with E-state index < -0.39 is 0 Å². The molecule has 0 aromatic carbocycles. The van der Waals surface area contributed by atoms with Crippen molar-refractivity contribution in [3.8, 4) is 5.88 Å². The second-order valence-electron chi connectivity index (χ2n) is 5.88. The molecule has 0 bridgehead atoms.